The molecular weight excluding hydrogens is 404 g/mol. The average Bonchev–Trinajstić information content (AvgIpc) is 2.43. The lowest BCUT2D eigenvalue weighted by atomic mass is 10.0. The highest BCUT2D eigenvalue weighted by atomic mass is 19.3. The molecular formula is C10HF10NO5. The highest BCUT2D eigenvalue weighted by Crippen LogP contribution is 2.49. The fraction of sp³-hybridized carbons (Fsp3) is 0.300. The summed E-state index contributed by atoms with van der Waals surface area (Å²) in [5, 5.41) is 18.1. The van der Waals surface area contributed by atoms with Gasteiger partial charge in [-0.05, 0) is 0 Å². The summed E-state index contributed by atoms with van der Waals surface area (Å²) in [5.41, 5.74) is -6.20. The molecule has 0 fully saturated rings. The highest BCUT2D eigenvalue weighted by molar-refractivity contribution is 5.73. The summed E-state index contributed by atoms with van der Waals surface area (Å²) in [6, 6.07) is 0. The largest absolute Gasteiger partial charge is 0.475 e. The summed E-state index contributed by atoms with van der Waals surface area (Å²) < 4.78 is 134. The number of rotatable bonds is 6. The molecule has 0 aliphatic carbocycles. The number of benzene rings is 1. The van der Waals surface area contributed by atoms with E-state index in [-0.39, 0.29) is 0 Å². The molecule has 0 amide bonds. The number of carboxylic acids is 1. The first kappa shape index (κ1) is 21.4. The van der Waals surface area contributed by atoms with E-state index < -0.39 is 63.6 Å². The highest BCUT2D eigenvalue weighted by Gasteiger charge is 2.67. The number of ether oxygens (including phenoxy) is 1. The third-order valence-corrected chi connectivity index (χ3v) is 2.61. The van der Waals surface area contributed by atoms with Crippen LogP contribution in [0.3, 0.4) is 0 Å². The molecule has 0 aliphatic heterocycles. The van der Waals surface area contributed by atoms with Gasteiger partial charge in [0.15, 0.2) is 11.6 Å². The minimum atomic E-state index is -6.73. The molecule has 0 spiro atoms. The molecule has 0 unspecified atom stereocenters. The number of carbonyl (C=O) groups is 1. The number of hydrogen-bond acceptors (Lipinski definition) is 4. The number of alkyl halides is 6. The van der Waals surface area contributed by atoms with E-state index in [1.54, 1.807) is 0 Å². The van der Waals surface area contributed by atoms with Gasteiger partial charge >= 0.3 is 29.8 Å². The van der Waals surface area contributed by atoms with Crippen LogP contribution in [0.5, 0.6) is 0 Å². The van der Waals surface area contributed by atoms with Crippen LogP contribution in [0.1, 0.15) is 5.56 Å². The fourth-order valence-corrected chi connectivity index (χ4v) is 1.47. The molecule has 0 saturated heterocycles. The molecule has 0 saturated carbocycles. The first-order valence-corrected chi connectivity index (χ1v) is 5.56. The van der Waals surface area contributed by atoms with E-state index in [4.69, 9.17) is 5.11 Å². The minimum absolute atomic E-state index is 2.05. The van der Waals surface area contributed by atoms with E-state index in [1.807, 2.05) is 4.74 Å². The van der Waals surface area contributed by atoms with Gasteiger partial charge in [0, 0.05) is 0 Å². The van der Waals surface area contributed by atoms with Crippen molar-refractivity contribution in [1.29, 1.82) is 0 Å². The number of hydrogen-bond donors (Lipinski definition) is 1. The van der Waals surface area contributed by atoms with Gasteiger partial charge < -0.3 is 5.11 Å². The molecule has 0 atom stereocenters. The Morgan fingerprint density at radius 2 is 1.31 bits per heavy atom. The summed E-state index contributed by atoms with van der Waals surface area (Å²) in [4.78, 5) is 18.0. The summed E-state index contributed by atoms with van der Waals surface area (Å²) in [6.45, 7) is 0. The standard InChI is InChI=1S/C10HF10NO5/c11-2-1(3(12)5(14)6(4(2)13)21(24)25)8(15,16)10(19,20)26-9(17,18)7(22)23/h(H,22,23). The van der Waals surface area contributed by atoms with E-state index in [9.17, 15) is 58.8 Å². The second-order valence-electron chi connectivity index (χ2n) is 4.25. The molecule has 0 bridgehead atoms. The molecule has 1 N–H and O–H groups in total. The monoisotopic (exact) mass is 405 g/mol. The Kier molecular flexibility index (Phi) is 5.15. The van der Waals surface area contributed by atoms with E-state index in [1.165, 1.54) is 0 Å². The topological polar surface area (TPSA) is 89.7 Å². The van der Waals surface area contributed by atoms with Gasteiger partial charge in [0.1, 0.15) is 5.56 Å². The van der Waals surface area contributed by atoms with Crippen LogP contribution in [0.15, 0.2) is 0 Å². The van der Waals surface area contributed by atoms with Crippen molar-refractivity contribution < 1.29 is 63.5 Å². The maximum Gasteiger partial charge on any atom is 0.460 e. The number of nitro benzene ring substituents is 1. The molecule has 1 aromatic rings. The average molecular weight is 405 g/mol. The SMILES string of the molecule is O=C(O)C(F)(F)OC(F)(F)C(F)(F)c1c(F)c(F)c([N+](=O)[O-])c(F)c1F. The van der Waals surface area contributed by atoms with Gasteiger partial charge in [-0.15, -0.1) is 0 Å². The van der Waals surface area contributed by atoms with Gasteiger partial charge in [0.25, 0.3) is 0 Å². The zero-order valence-corrected chi connectivity index (χ0v) is 11.3. The van der Waals surface area contributed by atoms with Crippen molar-refractivity contribution in [2.24, 2.45) is 0 Å². The lowest BCUT2D eigenvalue weighted by molar-refractivity contribution is -0.426. The van der Waals surface area contributed by atoms with Gasteiger partial charge in [0.2, 0.25) is 11.6 Å². The maximum absolute atomic E-state index is 13.6. The quantitative estimate of drug-likeness (QED) is 0.339. The van der Waals surface area contributed by atoms with Crippen LogP contribution in [-0.2, 0) is 15.5 Å². The summed E-state index contributed by atoms with van der Waals surface area (Å²) in [7, 11) is 0. The number of nitro groups is 1. The Balaban J connectivity index is 3.68. The van der Waals surface area contributed by atoms with Crippen LogP contribution < -0.4 is 0 Å². The van der Waals surface area contributed by atoms with Gasteiger partial charge in [-0.1, -0.05) is 0 Å². The van der Waals surface area contributed by atoms with E-state index in [0.717, 1.165) is 0 Å². The summed E-state index contributed by atoms with van der Waals surface area (Å²) in [5.74, 6) is -23.3. The normalized spacial score (nSPS) is 13.0. The molecule has 1 rings (SSSR count). The molecule has 0 heterocycles. The Morgan fingerprint density at radius 1 is 0.923 bits per heavy atom. The Hall–Kier alpha value is -2.65. The van der Waals surface area contributed by atoms with Crippen molar-refractivity contribution >= 4 is 11.7 Å². The van der Waals surface area contributed by atoms with Crippen LogP contribution in [0.2, 0.25) is 0 Å². The van der Waals surface area contributed by atoms with Gasteiger partial charge in [-0.25, -0.2) is 18.3 Å². The summed E-state index contributed by atoms with van der Waals surface area (Å²) in [6.07, 6.45) is -12.7. The maximum atomic E-state index is 13.6. The lowest BCUT2D eigenvalue weighted by Crippen LogP contribution is -2.49. The second-order valence-corrected chi connectivity index (χ2v) is 4.25. The molecule has 1 aromatic carbocycles. The van der Waals surface area contributed by atoms with Crippen LogP contribution in [0.4, 0.5) is 49.6 Å². The smallest absolute Gasteiger partial charge is 0.460 e. The predicted octanol–water partition coefficient (Wildman–Crippen LogP) is 3.53. The minimum Gasteiger partial charge on any atom is -0.475 e. The van der Waals surface area contributed by atoms with Crippen molar-refractivity contribution in [2.45, 2.75) is 18.1 Å². The molecule has 0 aromatic heterocycles. The number of carboxylic acid groups (broad SMARTS) is 1. The number of halogens is 10. The van der Waals surface area contributed by atoms with Crippen molar-refractivity contribution in [3.05, 3.63) is 38.9 Å². The zero-order chi connectivity index (χ0) is 20.8. The van der Waals surface area contributed by atoms with E-state index in [2.05, 4.69) is 0 Å². The molecule has 146 valence electrons. The number of nitrogens with zero attached hydrogens (tertiary/aromatic N) is 1. The Bertz CT molecular complexity index is 751. The third-order valence-electron chi connectivity index (χ3n) is 2.61. The first-order valence-electron chi connectivity index (χ1n) is 5.56. The van der Waals surface area contributed by atoms with Gasteiger partial charge in [-0.2, -0.15) is 35.1 Å². The van der Waals surface area contributed by atoms with Crippen LogP contribution in [-0.4, -0.2) is 28.2 Å². The van der Waals surface area contributed by atoms with Gasteiger partial charge in [0.05, 0.1) is 4.92 Å². The lowest BCUT2D eigenvalue weighted by Gasteiger charge is -2.28. The molecule has 16 heteroatoms. The van der Waals surface area contributed by atoms with Crippen molar-refractivity contribution in [3.63, 3.8) is 0 Å². The fourth-order valence-electron chi connectivity index (χ4n) is 1.47. The van der Waals surface area contributed by atoms with Gasteiger partial charge in [-0.3, -0.25) is 10.1 Å². The van der Waals surface area contributed by atoms with Crippen LogP contribution in [0.25, 0.3) is 0 Å². The van der Waals surface area contributed by atoms with Crippen molar-refractivity contribution in [3.8, 4) is 0 Å². The zero-order valence-electron chi connectivity index (χ0n) is 11.3. The van der Waals surface area contributed by atoms with Crippen LogP contribution >= 0.6 is 0 Å². The van der Waals surface area contributed by atoms with Crippen molar-refractivity contribution in [2.75, 3.05) is 0 Å². The Morgan fingerprint density at radius 3 is 1.62 bits per heavy atom. The molecule has 0 aliphatic rings. The molecule has 0 radical (unpaired) electrons. The number of aliphatic carboxylic acids is 1. The Labute approximate surface area is 133 Å². The van der Waals surface area contributed by atoms with E-state index >= 15 is 0 Å². The first-order chi connectivity index (χ1) is 11.5. The molecule has 26 heavy (non-hydrogen) atoms. The third kappa shape index (κ3) is 3.23. The predicted molar refractivity (Wildman–Crippen MR) is 55.4 cm³/mol. The second kappa shape index (κ2) is 6.26. The summed E-state index contributed by atoms with van der Waals surface area (Å²) >= 11 is 0. The van der Waals surface area contributed by atoms with E-state index in [0.29, 0.717) is 0 Å². The van der Waals surface area contributed by atoms with Crippen molar-refractivity contribution in [1.82, 2.24) is 0 Å². The van der Waals surface area contributed by atoms with Crippen LogP contribution in [0, 0.1) is 33.4 Å². The molecule has 6 nitrogen and oxygen atoms in total.